The Labute approximate surface area is 113 Å². The number of hydrogen-bond acceptors (Lipinski definition) is 3. The summed E-state index contributed by atoms with van der Waals surface area (Å²) in [6.07, 6.45) is 2.72. The Morgan fingerprint density at radius 2 is 1.95 bits per heavy atom. The van der Waals surface area contributed by atoms with Crippen LogP contribution in [0.1, 0.15) is 23.1 Å². The molecule has 0 radical (unpaired) electrons. The summed E-state index contributed by atoms with van der Waals surface area (Å²) in [6.45, 7) is 0.987. The summed E-state index contributed by atoms with van der Waals surface area (Å²) >= 11 is 0. The van der Waals surface area contributed by atoms with Gasteiger partial charge in [0.15, 0.2) is 5.82 Å². The van der Waals surface area contributed by atoms with Crippen LogP contribution in [0, 0.1) is 11.6 Å². The van der Waals surface area contributed by atoms with Gasteiger partial charge in [-0.15, -0.1) is 0 Å². The van der Waals surface area contributed by atoms with Gasteiger partial charge in [0.1, 0.15) is 11.6 Å². The molecule has 7 heteroatoms. The number of carbonyl (C=O) groups is 2. The summed E-state index contributed by atoms with van der Waals surface area (Å²) in [5.41, 5.74) is -0.178. The number of imidazole rings is 1. The number of imide groups is 1. The van der Waals surface area contributed by atoms with E-state index in [1.54, 1.807) is 0 Å². The Morgan fingerprint density at radius 3 is 2.55 bits per heavy atom. The van der Waals surface area contributed by atoms with Crippen LogP contribution < -0.4 is 5.32 Å². The monoisotopic (exact) mass is 279 g/mol. The fourth-order valence-corrected chi connectivity index (χ4v) is 1.72. The third-order valence-electron chi connectivity index (χ3n) is 2.60. The number of amides is 2. The van der Waals surface area contributed by atoms with E-state index in [4.69, 9.17) is 0 Å². The number of rotatable bonds is 3. The van der Waals surface area contributed by atoms with Gasteiger partial charge in [0.2, 0.25) is 5.91 Å². The van der Waals surface area contributed by atoms with Gasteiger partial charge in [0, 0.05) is 24.9 Å². The van der Waals surface area contributed by atoms with Crippen LogP contribution in [0.2, 0.25) is 0 Å². The van der Waals surface area contributed by atoms with E-state index >= 15 is 0 Å². The van der Waals surface area contributed by atoms with Crippen molar-refractivity contribution in [3.63, 3.8) is 0 Å². The number of carbonyl (C=O) groups excluding carboxylic acids is 2. The van der Waals surface area contributed by atoms with Crippen molar-refractivity contribution in [3.05, 3.63) is 53.6 Å². The van der Waals surface area contributed by atoms with Crippen LogP contribution >= 0.6 is 0 Å². The fourth-order valence-electron chi connectivity index (χ4n) is 1.72. The first-order chi connectivity index (χ1) is 9.49. The molecule has 1 aromatic heterocycles. The molecular weight excluding hydrogens is 268 g/mol. The zero-order chi connectivity index (χ0) is 14.7. The number of halogens is 2. The third-order valence-corrected chi connectivity index (χ3v) is 2.60. The summed E-state index contributed by atoms with van der Waals surface area (Å²) < 4.78 is 28.4. The lowest BCUT2D eigenvalue weighted by Crippen LogP contribution is -2.30. The van der Waals surface area contributed by atoms with Crippen molar-refractivity contribution < 1.29 is 18.4 Å². The van der Waals surface area contributed by atoms with Crippen molar-refractivity contribution >= 4 is 11.8 Å². The van der Waals surface area contributed by atoms with Gasteiger partial charge in [-0.1, -0.05) is 6.07 Å². The van der Waals surface area contributed by atoms with Crippen LogP contribution in [0.5, 0.6) is 0 Å². The Hall–Kier alpha value is -2.57. The molecule has 0 spiro atoms. The maximum absolute atomic E-state index is 13.6. The first-order valence-electron chi connectivity index (χ1n) is 5.75. The maximum Gasteiger partial charge on any atom is 0.293 e. The second-order valence-corrected chi connectivity index (χ2v) is 4.09. The van der Waals surface area contributed by atoms with Gasteiger partial charge in [0.05, 0.1) is 6.54 Å². The van der Waals surface area contributed by atoms with Gasteiger partial charge in [-0.05, 0) is 12.1 Å². The van der Waals surface area contributed by atoms with Crippen LogP contribution in [-0.2, 0) is 11.3 Å². The lowest BCUT2D eigenvalue weighted by molar-refractivity contribution is -0.118. The molecule has 1 aromatic carbocycles. The molecule has 2 amide bonds. The SMILES string of the molecule is CC(=O)NC(=O)c1nccn1Cc1c(F)cccc1F. The molecule has 0 unspecified atom stereocenters. The van der Waals surface area contributed by atoms with Gasteiger partial charge < -0.3 is 4.57 Å². The molecular formula is C13H11F2N3O2. The van der Waals surface area contributed by atoms with Crippen LogP contribution in [0.3, 0.4) is 0 Å². The topological polar surface area (TPSA) is 64.0 Å². The summed E-state index contributed by atoms with van der Waals surface area (Å²) in [7, 11) is 0. The maximum atomic E-state index is 13.6. The van der Waals surface area contributed by atoms with Crippen molar-refractivity contribution in [2.45, 2.75) is 13.5 Å². The molecule has 2 rings (SSSR count). The summed E-state index contributed by atoms with van der Waals surface area (Å²) in [4.78, 5) is 26.3. The van der Waals surface area contributed by atoms with Crippen molar-refractivity contribution in [2.75, 3.05) is 0 Å². The quantitative estimate of drug-likeness (QED) is 0.925. The molecule has 0 aliphatic rings. The zero-order valence-electron chi connectivity index (χ0n) is 10.6. The molecule has 5 nitrogen and oxygen atoms in total. The highest BCUT2D eigenvalue weighted by atomic mass is 19.1. The van der Waals surface area contributed by atoms with Gasteiger partial charge in [-0.3, -0.25) is 14.9 Å². The third kappa shape index (κ3) is 2.87. The number of aromatic nitrogens is 2. The van der Waals surface area contributed by atoms with E-state index < -0.39 is 23.4 Å². The number of nitrogens with one attached hydrogen (secondary N) is 1. The normalized spacial score (nSPS) is 10.3. The summed E-state index contributed by atoms with van der Waals surface area (Å²) in [5, 5.41) is 2.05. The van der Waals surface area contributed by atoms with Crippen molar-refractivity contribution in [1.82, 2.24) is 14.9 Å². The molecule has 0 aliphatic heterocycles. The average molecular weight is 279 g/mol. The summed E-state index contributed by atoms with van der Waals surface area (Å²) in [5.74, 6) is -2.78. The number of benzene rings is 1. The van der Waals surface area contributed by atoms with Gasteiger partial charge in [-0.25, -0.2) is 13.8 Å². The zero-order valence-corrected chi connectivity index (χ0v) is 10.6. The second-order valence-electron chi connectivity index (χ2n) is 4.09. The summed E-state index contributed by atoms with van der Waals surface area (Å²) in [6, 6.07) is 3.51. The fraction of sp³-hybridized carbons (Fsp3) is 0.154. The molecule has 20 heavy (non-hydrogen) atoms. The molecule has 1 N–H and O–H groups in total. The first kappa shape index (κ1) is 13.9. The van der Waals surface area contributed by atoms with E-state index in [2.05, 4.69) is 10.3 Å². The minimum absolute atomic E-state index is 0.0946. The van der Waals surface area contributed by atoms with E-state index in [-0.39, 0.29) is 17.9 Å². The number of hydrogen-bond donors (Lipinski definition) is 1. The highest BCUT2D eigenvalue weighted by Crippen LogP contribution is 2.14. The lowest BCUT2D eigenvalue weighted by Gasteiger charge is -2.09. The van der Waals surface area contributed by atoms with E-state index in [0.717, 1.165) is 12.1 Å². The first-order valence-corrected chi connectivity index (χ1v) is 5.75. The van der Waals surface area contributed by atoms with E-state index in [1.165, 1.54) is 30.0 Å². The van der Waals surface area contributed by atoms with Crippen molar-refractivity contribution in [1.29, 1.82) is 0 Å². The number of nitrogens with zero attached hydrogens (tertiary/aromatic N) is 2. The van der Waals surface area contributed by atoms with Gasteiger partial charge in [-0.2, -0.15) is 0 Å². The van der Waals surface area contributed by atoms with Gasteiger partial charge in [0.25, 0.3) is 5.91 Å². The molecule has 0 bridgehead atoms. The molecule has 104 valence electrons. The van der Waals surface area contributed by atoms with E-state index in [9.17, 15) is 18.4 Å². The van der Waals surface area contributed by atoms with Gasteiger partial charge >= 0.3 is 0 Å². The van der Waals surface area contributed by atoms with Crippen molar-refractivity contribution in [2.24, 2.45) is 0 Å². The highest BCUT2D eigenvalue weighted by molar-refractivity contribution is 6.01. The Kier molecular flexibility index (Phi) is 3.88. The van der Waals surface area contributed by atoms with E-state index in [1.807, 2.05) is 0 Å². The molecule has 1 heterocycles. The molecule has 0 aliphatic carbocycles. The molecule has 0 fully saturated rings. The predicted octanol–water partition coefficient (Wildman–Crippen LogP) is 1.49. The highest BCUT2D eigenvalue weighted by Gasteiger charge is 2.16. The lowest BCUT2D eigenvalue weighted by atomic mass is 10.2. The van der Waals surface area contributed by atoms with Crippen LogP contribution in [0.15, 0.2) is 30.6 Å². The molecule has 0 saturated carbocycles. The second kappa shape index (κ2) is 5.60. The standard InChI is InChI=1S/C13H11F2N3O2/c1-8(19)17-13(20)12-16-5-6-18(12)7-9-10(14)3-2-4-11(9)15/h2-6H,7H2,1H3,(H,17,19,20). The van der Waals surface area contributed by atoms with Crippen LogP contribution in [-0.4, -0.2) is 21.4 Å². The largest absolute Gasteiger partial charge is 0.322 e. The minimum atomic E-state index is -0.723. The Balaban J connectivity index is 2.29. The molecule has 0 saturated heterocycles. The molecule has 2 aromatic rings. The molecule has 0 atom stereocenters. The smallest absolute Gasteiger partial charge is 0.293 e. The van der Waals surface area contributed by atoms with Crippen molar-refractivity contribution in [3.8, 4) is 0 Å². The van der Waals surface area contributed by atoms with E-state index in [0.29, 0.717) is 0 Å². The average Bonchev–Trinajstić information content (AvgIpc) is 2.81. The Bertz CT molecular complexity index is 647. The Morgan fingerprint density at radius 1 is 1.30 bits per heavy atom. The minimum Gasteiger partial charge on any atom is -0.322 e. The predicted molar refractivity (Wildman–Crippen MR) is 65.8 cm³/mol. The van der Waals surface area contributed by atoms with Crippen LogP contribution in [0.4, 0.5) is 8.78 Å². The van der Waals surface area contributed by atoms with Crippen LogP contribution in [0.25, 0.3) is 0 Å².